The van der Waals surface area contributed by atoms with Gasteiger partial charge in [0, 0.05) is 18.0 Å². The highest BCUT2D eigenvalue weighted by atomic mass is 15.1. The number of rotatable bonds is 5. The summed E-state index contributed by atoms with van der Waals surface area (Å²) < 4.78 is 2.27. The van der Waals surface area contributed by atoms with Crippen LogP contribution in [0, 0.1) is 6.92 Å². The molecular weight excluding hydrogens is 352 g/mol. The number of nitrogens with zero attached hydrogens (tertiary/aromatic N) is 2. The predicted molar refractivity (Wildman–Crippen MR) is 123 cm³/mol. The van der Waals surface area contributed by atoms with Crippen LogP contribution in [-0.4, -0.2) is 9.55 Å². The van der Waals surface area contributed by atoms with Crippen LogP contribution in [0.25, 0.3) is 28.2 Å². The lowest BCUT2D eigenvalue weighted by Crippen LogP contribution is -2.07. The van der Waals surface area contributed by atoms with Gasteiger partial charge in [-0.3, -0.25) is 4.57 Å². The van der Waals surface area contributed by atoms with Crippen LogP contribution in [0.4, 0.5) is 0 Å². The second kappa shape index (κ2) is 8.08. The lowest BCUT2D eigenvalue weighted by molar-refractivity contribution is 0.839. The number of aryl methyl sites for hydroxylation is 2. The van der Waals surface area contributed by atoms with Crippen molar-refractivity contribution < 1.29 is 0 Å². The van der Waals surface area contributed by atoms with E-state index in [0.29, 0.717) is 5.92 Å². The zero-order valence-electron chi connectivity index (χ0n) is 17.7. The molecule has 0 aliphatic heterocycles. The molecule has 0 aliphatic carbocycles. The minimum absolute atomic E-state index is 0.408. The molecule has 0 radical (unpaired) electrons. The molecule has 2 nitrogen and oxygen atoms in total. The topological polar surface area (TPSA) is 17.8 Å². The minimum atomic E-state index is 0.408. The Balaban J connectivity index is 1.96. The van der Waals surface area contributed by atoms with E-state index in [1.54, 1.807) is 0 Å². The minimum Gasteiger partial charge on any atom is -0.299 e. The first kappa shape index (κ1) is 19.2. The van der Waals surface area contributed by atoms with Crippen molar-refractivity contribution in [1.82, 2.24) is 9.55 Å². The number of hydrogen-bond donors (Lipinski definition) is 0. The van der Waals surface area contributed by atoms with E-state index in [0.717, 1.165) is 17.8 Å². The van der Waals surface area contributed by atoms with E-state index in [4.69, 9.17) is 4.98 Å². The van der Waals surface area contributed by atoms with Crippen molar-refractivity contribution in [2.45, 2.75) is 40.0 Å². The van der Waals surface area contributed by atoms with Crippen molar-refractivity contribution in [3.05, 3.63) is 95.8 Å². The Hall–Kier alpha value is -3.13. The van der Waals surface area contributed by atoms with Gasteiger partial charge in [0.1, 0.15) is 5.82 Å². The molecule has 2 heteroatoms. The molecule has 0 saturated carbocycles. The van der Waals surface area contributed by atoms with Crippen molar-refractivity contribution in [2.24, 2.45) is 0 Å². The van der Waals surface area contributed by atoms with E-state index >= 15 is 0 Å². The van der Waals surface area contributed by atoms with Crippen LogP contribution in [0.5, 0.6) is 0 Å². The summed E-state index contributed by atoms with van der Waals surface area (Å²) in [5, 5.41) is 0. The highest BCUT2D eigenvalue weighted by Gasteiger charge is 2.18. The van der Waals surface area contributed by atoms with Gasteiger partial charge >= 0.3 is 0 Å². The number of benzene rings is 3. The van der Waals surface area contributed by atoms with Gasteiger partial charge in [-0.15, -0.1) is 0 Å². The molecule has 0 amide bonds. The third kappa shape index (κ3) is 3.63. The Labute approximate surface area is 173 Å². The Kier molecular flexibility index (Phi) is 5.35. The number of imidazole rings is 1. The summed E-state index contributed by atoms with van der Waals surface area (Å²) in [4.78, 5) is 4.70. The standard InChI is InChI=1S/C27H28N2/c1-5-21-17-23(24-14-10-9-11-20(24)4)18-25(19(2)3)26(21)29-16-15-28-27(29)22-12-7-6-8-13-22/h6-19H,5H2,1-4H3. The van der Waals surface area contributed by atoms with Gasteiger partial charge in [0.15, 0.2) is 0 Å². The van der Waals surface area contributed by atoms with Gasteiger partial charge in [-0.1, -0.05) is 75.4 Å². The van der Waals surface area contributed by atoms with Gasteiger partial charge in [0.2, 0.25) is 0 Å². The molecule has 146 valence electrons. The van der Waals surface area contributed by atoms with E-state index < -0.39 is 0 Å². The Morgan fingerprint density at radius 1 is 0.897 bits per heavy atom. The lowest BCUT2D eigenvalue weighted by atomic mass is 9.90. The summed E-state index contributed by atoms with van der Waals surface area (Å²) in [7, 11) is 0. The molecule has 1 heterocycles. The van der Waals surface area contributed by atoms with E-state index in [9.17, 15) is 0 Å². The van der Waals surface area contributed by atoms with Crippen LogP contribution >= 0.6 is 0 Å². The molecule has 1 aromatic heterocycles. The molecule has 0 spiro atoms. The molecular formula is C27H28N2. The summed E-state index contributed by atoms with van der Waals surface area (Å²) >= 11 is 0. The molecule has 0 aliphatic rings. The van der Waals surface area contributed by atoms with E-state index in [1.165, 1.54) is 33.5 Å². The molecule has 0 fully saturated rings. The van der Waals surface area contributed by atoms with Gasteiger partial charge in [-0.05, 0) is 59.2 Å². The zero-order chi connectivity index (χ0) is 20.4. The van der Waals surface area contributed by atoms with Crippen LogP contribution in [0.3, 0.4) is 0 Å². The molecule has 4 rings (SSSR count). The maximum absolute atomic E-state index is 4.70. The second-order valence-electron chi connectivity index (χ2n) is 7.88. The predicted octanol–water partition coefficient (Wildman–Crippen LogP) is 7.20. The summed E-state index contributed by atoms with van der Waals surface area (Å²) in [6.45, 7) is 8.98. The highest BCUT2D eigenvalue weighted by molar-refractivity contribution is 5.73. The molecule has 0 unspecified atom stereocenters. The third-order valence-electron chi connectivity index (χ3n) is 5.59. The van der Waals surface area contributed by atoms with Gasteiger partial charge in [-0.25, -0.2) is 4.98 Å². The number of hydrogen-bond acceptors (Lipinski definition) is 1. The smallest absolute Gasteiger partial charge is 0.144 e. The summed E-state index contributed by atoms with van der Waals surface area (Å²) in [5.41, 5.74) is 9.04. The maximum atomic E-state index is 4.70. The summed E-state index contributed by atoms with van der Waals surface area (Å²) in [6.07, 6.45) is 4.97. The van der Waals surface area contributed by atoms with Gasteiger partial charge < -0.3 is 0 Å². The largest absolute Gasteiger partial charge is 0.299 e. The van der Waals surface area contributed by atoms with E-state index in [2.05, 4.69) is 99.1 Å². The fourth-order valence-corrected chi connectivity index (χ4v) is 4.06. The molecule has 0 N–H and O–H groups in total. The van der Waals surface area contributed by atoms with Crippen molar-refractivity contribution in [2.75, 3.05) is 0 Å². The molecule has 3 aromatic carbocycles. The first-order valence-corrected chi connectivity index (χ1v) is 10.4. The molecule has 4 aromatic rings. The van der Waals surface area contributed by atoms with Gasteiger partial charge in [0.05, 0.1) is 5.69 Å². The second-order valence-corrected chi connectivity index (χ2v) is 7.88. The fourth-order valence-electron chi connectivity index (χ4n) is 4.06. The first-order valence-electron chi connectivity index (χ1n) is 10.4. The van der Waals surface area contributed by atoms with Crippen molar-refractivity contribution in [3.63, 3.8) is 0 Å². The normalized spacial score (nSPS) is 11.2. The summed E-state index contributed by atoms with van der Waals surface area (Å²) in [5.74, 6) is 1.40. The van der Waals surface area contributed by atoms with Crippen LogP contribution in [0.2, 0.25) is 0 Å². The highest BCUT2D eigenvalue weighted by Crippen LogP contribution is 2.35. The van der Waals surface area contributed by atoms with Crippen molar-refractivity contribution >= 4 is 0 Å². The maximum Gasteiger partial charge on any atom is 0.144 e. The third-order valence-corrected chi connectivity index (χ3v) is 5.59. The Morgan fingerprint density at radius 2 is 1.62 bits per heavy atom. The number of aromatic nitrogens is 2. The van der Waals surface area contributed by atoms with E-state index in [-0.39, 0.29) is 0 Å². The summed E-state index contributed by atoms with van der Waals surface area (Å²) in [6, 6.07) is 23.8. The molecule has 0 saturated heterocycles. The SMILES string of the molecule is CCc1cc(-c2ccccc2C)cc(C(C)C)c1-n1ccnc1-c1ccccc1. The van der Waals surface area contributed by atoms with E-state index in [1.807, 2.05) is 12.3 Å². The monoisotopic (exact) mass is 380 g/mol. The molecule has 0 atom stereocenters. The average Bonchev–Trinajstić information content (AvgIpc) is 3.23. The van der Waals surface area contributed by atoms with Crippen molar-refractivity contribution in [3.8, 4) is 28.2 Å². The van der Waals surface area contributed by atoms with Crippen LogP contribution in [0.15, 0.2) is 79.1 Å². The van der Waals surface area contributed by atoms with Crippen LogP contribution < -0.4 is 0 Å². The quantitative estimate of drug-likeness (QED) is 0.358. The van der Waals surface area contributed by atoms with Crippen LogP contribution in [0.1, 0.15) is 43.4 Å². The zero-order valence-corrected chi connectivity index (χ0v) is 17.7. The Morgan fingerprint density at radius 3 is 2.31 bits per heavy atom. The van der Waals surface area contributed by atoms with Crippen LogP contribution in [-0.2, 0) is 6.42 Å². The Bertz CT molecular complexity index is 1120. The van der Waals surface area contributed by atoms with Gasteiger partial charge in [0.25, 0.3) is 0 Å². The molecule has 29 heavy (non-hydrogen) atoms. The van der Waals surface area contributed by atoms with Gasteiger partial charge in [-0.2, -0.15) is 0 Å². The first-order chi connectivity index (χ1) is 14.1. The average molecular weight is 381 g/mol. The molecule has 0 bridgehead atoms. The fraction of sp³-hybridized carbons (Fsp3) is 0.222. The lowest BCUT2D eigenvalue weighted by Gasteiger charge is -2.22. The van der Waals surface area contributed by atoms with Crippen molar-refractivity contribution in [1.29, 1.82) is 0 Å².